The number of rotatable bonds is 38. The van der Waals surface area contributed by atoms with E-state index in [1.165, 1.54) is 64.2 Å². The summed E-state index contributed by atoms with van der Waals surface area (Å²) in [5.41, 5.74) is 1.20. The number of benzene rings is 1. The molecule has 0 bridgehead atoms. The number of carbonyl (C=O) groups is 9. The Morgan fingerprint density at radius 1 is 0.467 bits per heavy atom. The van der Waals surface area contributed by atoms with Crippen molar-refractivity contribution in [2.24, 2.45) is 0 Å². The summed E-state index contributed by atoms with van der Waals surface area (Å²) in [6.07, 6.45) is 16.9. The lowest BCUT2D eigenvalue weighted by atomic mass is 9.91. The highest BCUT2D eigenvalue weighted by Crippen LogP contribution is 2.26. The molecular weight excluding hydrogens is 977 g/mol. The van der Waals surface area contributed by atoms with Crippen molar-refractivity contribution >= 4 is 59.3 Å². The summed E-state index contributed by atoms with van der Waals surface area (Å²) < 4.78 is 0. The topological polar surface area (TPSA) is 336 Å². The number of unbranched alkanes of at least 4 members (excludes halogenated alkanes) is 14. The molecule has 0 aromatic heterocycles. The van der Waals surface area contributed by atoms with Crippen LogP contribution in [0.5, 0.6) is 0 Å². The van der Waals surface area contributed by atoms with Crippen molar-refractivity contribution in [1.29, 1.82) is 0 Å². The third-order valence-corrected chi connectivity index (χ3v) is 13.2. The summed E-state index contributed by atoms with van der Waals surface area (Å²) in [6, 6.07) is 3.01. The number of hydrogen-bond donors (Lipinski definition) is 10. The SMILES string of the molecule is CCCCCCCCCCCCCCCCC(C(=O)NCCCCC(NC(=O)NC(CCC(=O)O)C(=O)O)C(=O)O)c1ccc(NC(=O)CN2CCN(CC(=O)O)CCN(CC(=O)O)CCN(CC(=O)O)CC2)cc1. The predicted octanol–water partition coefficient (Wildman–Crippen LogP) is 4.41. The molecule has 4 amide bonds. The fraction of sp³-hybridized carbons (Fsp3) is 0.712. The third kappa shape index (κ3) is 31.6. The molecule has 0 saturated carbocycles. The summed E-state index contributed by atoms with van der Waals surface area (Å²) in [5.74, 6) is -8.36. The Bertz CT molecular complexity index is 1880. The zero-order valence-electron chi connectivity index (χ0n) is 44.0. The molecule has 3 unspecified atom stereocenters. The average molecular weight is 1060 g/mol. The van der Waals surface area contributed by atoms with Crippen LogP contribution in [0, 0.1) is 0 Å². The van der Waals surface area contributed by atoms with Crippen LogP contribution < -0.4 is 21.3 Å². The van der Waals surface area contributed by atoms with Gasteiger partial charge in [-0.2, -0.15) is 0 Å². The predicted molar refractivity (Wildman–Crippen MR) is 280 cm³/mol. The van der Waals surface area contributed by atoms with Gasteiger partial charge in [0.05, 0.1) is 32.1 Å². The molecule has 0 spiro atoms. The highest BCUT2D eigenvalue weighted by atomic mass is 16.4. The number of nitrogens with zero attached hydrogens (tertiary/aromatic N) is 4. The van der Waals surface area contributed by atoms with E-state index in [1.807, 2.05) is 4.90 Å². The Labute approximate surface area is 441 Å². The van der Waals surface area contributed by atoms with Crippen LogP contribution in [0.25, 0.3) is 0 Å². The number of hydrogen-bond acceptors (Lipinski definition) is 13. The second-order valence-electron chi connectivity index (χ2n) is 19.5. The Hall–Kier alpha value is -5.91. The maximum absolute atomic E-state index is 13.8. The highest BCUT2D eigenvalue weighted by molar-refractivity contribution is 5.92. The van der Waals surface area contributed by atoms with Gasteiger partial charge < -0.3 is 51.9 Å². The fourth-order valence-electron chi connectivity index (χ4n) is 8.93. The van der Waals surface area contributed by atoms with Crippen molar-refractivity contribution in [2.45, 2.75) is 153 Å². The number of anilines is 1. The molecule has 1 aliphatic heterocycles. The quantitative estimate of drug-likeness (QED) is 0.0410. The first-order valence-corrected chi connectivity index (χ1v) is 26.8. The zero-order chi connectivity index (χ0) is 55.4. The summed E-state index contributed by atoms with van der Waals surface area (Å²) in [6.45, 7) is 3.52. The van der Waals surface area contributed by atoms with Crippen molar-refractivity contribution < 1.29 is 73.8 Å². The molecule has 1 fully saturated rings. The number of carbonyl (C=O) groups excluding carboxylic acids is 3. The second-order valence-corrected chi connectivity index (χ2v) is 19.5. The summed E-state index contributed by atoms with van der Waals surface area (Å²) in [7, 11) is 0. The van der Waals surface area contributed by atoms with E-state index in [4.69, 9.17) is 5.11 Å². The second kappa shape index (κ2) is 38.6. The van der Waals surface area contributed by atoms with Crippen molar-refractivity contribution in [3.63, 3.8) is 0 Å². The van der Waals surface area contributed by atoms with Gasteiger partial charge in [-0.15, -0.1) is 0 Å². The molecule has 10 N–H and O–H groups in total. The minimum absolute atomic E-state index is 0.0275. The molecule has 75 heavy (non-hydrogen) atoms. The molecule has 3 atom stereocenters. The van der Waals surface area contributed by atoms with Crippen molar-refractivity contribution in [2.75, 3.05) is 90.4 Å². The molecule has 1 aliphatic rings. The third-order valence-electron chi connectivity index (χ3n) is 13.2. The number of nitrogens with one attached hydrogen (secondary N) is 4. The van der Waals surface area contributed by atoms with E-state index in [9.17, 15) is 68.7 Å². The molecule has 1 aromatic rings. The summed E-state index contributed by atoms with van der Waals surface area (Å²) in [4.78, 5) is 116. The number of carboxylic acids is 6. The monoisotopic (exact) mass is 1060 g/mol. The minimum Gasteiger partial charge on any atom is -0.481 e. The van der Waals surface area contributed by atoms with Gasteiger partial charge in [0.1, 0.15) is 12.1 Å². The Morgan fingerprint density at radius 3 is 1.25 bits per heavy atom. The van der Waals surface area contributed by atoms with Gasteiger partial charge in [0.25, 0.3) is 0 Å². The highest BCUT2D eigenvalue weighted by Gasteiger charge is 2.26. The van der Waals surface area contributed by atoms with Gasteiger partial charge in [-0.1, -0.05) is 109 Å². The molecule has 0 radical (unpaired) electrons. The van der Waals surface area contributed by atoms with Crippen LogP contribution in [0.4, 0.5) is 10.5 Å². The fourth-order valence-corrected chi connectivity index (χ4v) is 8.93. The number of aliphatic carboxylic acids is 6. The lowest BCUT2D eigenvalue weighted by Gasteiger charge is -2.32. The van der Waals surface area contributed by atoms with Crippen LogP contribution in [0.15, 0.2) is 24.3 Å². The van der Waals surface area contributed by atoms with E-state index in [0.29, 0.717) is 18.5 Å². The first kappa shape index (κ1) is 65.2. The summed E-state index contributed by atoms with van der Waals surface area (Å²) >= 11 is 0. The Morgan fingerprint density at radius 2 is 0.853 bits per heavy atom. The van der Waals surface area contributed by atoms with Gasteiger partial charge >= 0.3 is 41.8 Å². The lowest BCUT2D eigenvalue weighted by Crippen LogP contribution is -2.51. The first-order valence-electron chi connectivity index (χ1n) is 26.8. The molecule has 0 aliphatic carbocycles. The normalized spacial score (nSPS) is 15.5. The van der Waals surface area contributed by atoms with Gasteiger partial charge in [-0.3, -0.25) is 48.4 Å². The van der Waals surface area contributed by atoms with Gasteiger partial charge in [0.2, 0.25) is 11.8 Å². The number of urea groups is 1. The molecule has 23 heteroatoms. The molecule has 23 nitrogen and oxygen atoms in total. The van der Waals surface area contributed by atoms with E-state index in [0.717, 1.165) is 31.2 Å². The van der Waals surface area contributed by atoms with Crippen molar-refractivity contribution in [1.82, 2.24) is 35.6 Å². The standard InChI is InChI=1S/C52H86N8O15/c1-2-3-4-5-6-7-8-9-10-11-12-13-14-15-18-41(49(70)53-26-17-16-19-42(50(71)72)55-52(75)56-43(51(73)74)24-25-45(62)63)39-20-22-40(23-21-39)54-44(61)35-57-27-29-58(36-46(64)65)31-33-60(38-48(68)69)34-32-59(30-28-57)37-47(66)67/h20-23,41-43H,2-19,24-38H2,1H3,(H,53,70)(H,54,61)(H,62,63)(H,64,65)(H,66,67)(H,68,69)(H,71,72)(H,73,74)(H2,55,56,75). The zero-order valence-corrected chi connectivity index (χ0v) is 44.0. The van der Waals surface area contributed by atoms with Crippen LogP contribution in [-0.2, 0) is 38.4 Å². The molecule has 1 aromatic carbocycles. The van der Waals surface area contributed by atoms with Crippen LogP contribution in [0.1, 0.15) is 147 Å². The Balaban J connectivity index is 2.09. The molecule has 424 valence electrons. The Kier molecular flexibility index (Phi) is 33.6. The van der Waals surface area contributed by atoms with E-state index >= 15 is 0 Å². The molecule has 1 saturated heterocycles. The van der Waals surface area contributed by atoms with E-state index in [-0.39, 0.29) is 110 Å². The average Bonchev–Trinajstić information content (AvgIpc) is 3.34. The van der Waals surface area contributed by atoms with Crippen LogP contribution in [-0.4, -0.2) is 201 Å². The minimum atomic E-state index is -1.53. The molecule has 1 heterocycles. The van der Waals surface area contributed by atoms with Crippen molar-refractivity contribution in [3.8, 4) is 0 Å². The van der Waals surface area contributed by atoms with E-state index in [2.05, 4.69) is 28.2 Å². The number of carboxylic acid groups (broad SMARTS) is 6. The molecule has 2 rings (SSSR count). The first-order chi connectivity index (χ1) is 35.9. The van der Waals surface area contributed by atoms with Crippen LogP contribution >= 0.6 is 0 Å². The van der Waals surface area contributed by atoms with Crippen LogP contribution in [0.3, 0.4) is 0 Å². The van der Waals surface area contributed by atoms with Crippen LogP contribution in [0.2, 0.25) is 0 Å². The van der Waals surface area contributed by atoms with Crippen molar-refractivity contribution in [3.05, 3.63) is 29.8 Å². The lowest BCUT2D eigenvalue weighted by molar-refractivity contribution is -0.141. The maximum Gasteiger partial charge on any atom is 0.326 e. The van der Waals surface area contributed by atoms with E-state index in [1.54, 1.807) is 39.0 Å². The maximum atomic E-state index is 13.8. The van der Waals surface area contributed by atoms with Gasteiger partial charge in [0.15, 0.2) is 0 Å². The van der Waals surface area contributed by atoms with Gasteiger partial charge in [0, 0.05) is 71.0 Å². The number of amides is 4. The smallest absolute Gasteiger partial charge is 0.326 e. The largest absolute Gasteiger partial charge is 0.481 e. The van der Waals surface area contributed by atoms with Gasteiger partial charge in [-0.25, -0.2) is 14.4 Å². The van der Waals surface area contributed by atoms with Gasteiger partial charge in [-0.05, 0) is 49.8 Å². The van der Waals surface area contributed by atoms with E-state index < -0.39 is 72.7 Å². The summed E-state index contributed by atoms with van der Waals surface area (Å²) in [5, 5.41) is 66.7. The molecular formula is C52H86N8O15.